The number of benzene rings is 2. The third-order valence-corrected chi connectivity index (χ3v) is 5.92. The molecule has 8 nitrogen and oxygen atoms in total. The number of likely N-dealkylation sites (N-methyl/N-ethyl adjacent to an activating group) is 1. The summed E-state index contributed by atoms with van der Waals surface area (Å²) in [4.78, 5) is 40.5. The van der Waals surface area contributed by atoms with E-state index in [9.17, 15) is 14.4 Å². The van der Waals surface area contributed by atoms with Crippen LogP contribution in [0.3, 0.4) is 0 Å². The van der Waals surface area contributed by atoms with Crippen LogP contribution in [0.5, 0.6) is 11.5 Å². The molecule has 0 saturated carbocycles. The Hall–Kier alpha value is -3.55. The van der Waals surface area contributed by atoms with Gasteiger partial charge in [0.2, 0.25) is 11.8 Å². The highest BCUT2D eigenvalue weighted by molar-refractivity contribution is 5.98. The van der Waals surface area contributed by atoms with E-state index >= 15 is 0 Å². The Morgan fingerprint density at radius 1 is 1.20 bits per heavy atom. The van der Waals surface area contributed by atoms with Crippen molar-refractivity contribution in [3.05, 3.63) is 48.0 Å². The third kappa shape index (κ3) is 6.74. The first-order chi connectivity index (χ1) is 16.7. The molecule has 188 valence electrons. The first-order valence-electron chi connectivity index (χ1n) is 11.9. The van der Waals surface area contributed by atoms with E-state index in [-0.39, 0.29) is 49.1 Å². The van der Waals surface area contributed by atoms with Crippen LogP contribution in [0.4, 0.5) is 0 Å². The van der Waals surface area contributed by atoms with E-state index in [0.29, 0.717) is 23.6 Å². The summed E-state index contributed by atoms with van der Waals surface area (Å²) >= 11 is 0. The molecule has 0 radical (unpaired) electrons. The van der Waals surface area contributed by atoms with Crippen LogP contribution in [-0.4, -0.2) is 62.0 Å². The molecule has 1 aliphatic rings. The molecular weight excluding hydrogens is 446 g/mol. The lowest BCUT2D eigenvalue weighted by Crippen LogP contribution is -2.49. The van der Waals surface area contributed by atoms with Gasteiger partial charge in [0, 0.05) is 31.1 Å². The van der Waals surface area contributed by atoms with Crippen molar-refractivity contribution in [3.63, 3.8) is 0 Å². The fraction of sp³-hybridized carbons (Fsp3) is 0.444. The zero-order valence-corrected chi connectivity index (χ0v) is 21.1. The van der Waals surface area contributed by atoms with Crippen LogP contribution >= 0.6 is 0 Å². The first-order valence-corrected chi connectivity index (χ1v) is 11.9. The third-order valence-electron chi connectivity index (χ3n) is 5.92. The maximum atomic E-state index is 13.5. The van der Waals surface area contributed by atoms with Crippen molar-refractivity contribution < 1.29 is 23.9 Å². The molecule has 0 saturated heterocycles. The van der Waals surface area contributed by atoms with Crippen LogP contribution in [-0.2, 0) is 9.59 Å². The summed E-state index contributed by atoms with van der Waals surface area (Å²) in [6, 6.07) is 11.7. The average molecular weight is 482 g/mol. The SMILES string of the molecule is COc1ccc2c(c1)-c1cccc(c1)C(=O)N(C)C(C(=O)NCC(C)C)CCC(=O)NC(C)CO2. The zero-order valence-electron chi connectivity index (χ0n) is 21.1. The number of amides is 3. The Balaban J connectivity index is 2.03. The van der Waals surface area contributed by atoms with Crippen molar-refractivity contribution in [2.24, 2.45) is 5.92 Å². The van der Waals surface area contributed by atoms with Gasteiger partial charge in [-0.2, -0.15) is 0 Å². The molecule has 0 aliphatic carbocycles. The maximum Gasteiger partial charge on any atom is 0.254 e. The van der Waals surface area contributed by atoms with Gasteiger partial charge in [0.05, 0.1) is 13.2 Å². The monoisotopic (exact) mass is 481 g/mol. The number of ether oxygens (including phenoxy) is 2. The van der Waals surface area contributed by atoms with Crippen molar-refractivity contribution in [2.45, 2.75) is 45.7 Å². The summed E-state index contributed by atoms with van der Waals surface area (Å²) in [5.41, 5.74) is 1.99. The van der Waals surface area contributed by atoms with Gasteiger partial charge in [-0.3, -0.25) is 14.4 Å². The number of rotatable bonds is 4. The van der Waals surface area contributed by atoms with Crippen molar-refractivity contribution >= 4 is 17.7 Å². The minimum atomic E-state index is -0.778. The lowest BCUT2D eigenvalue weighted by Gasteiger charge is -2.28. The van der Waals surface area contributed by atoms with E-state index in [1.54, 1.807) is 38.4 Å². The van der Waals surface area contributed by atoms with Crippen LogP contribution in [0, 0.1) is 5.92 Å². The van der Waals surface area contributed by atoms with Crippen molar-refractivity contribution in [3.8, 4) is 22.6 Å². The fourth-order valence-electron chi connectivity index (χ4n) is 3.95. The molecule has 0 aromatic heterocycles. The zero-order chi connectivity index (χ0) is 25.5. The second-order valence-corrected chi connectivity index (χ2v) is 9.33. The van der Waals surface area contributed by atoms with Gasteiger partial charge in [-0.05, 0) is 55.2 Å². The van der Waals surface area contributed by atoms with Gasteiger partial charge in [-0.25, -0.2) is 0 Å². The second kappa shape index (κ2) is 11.7. The summed E-state index contributed by atoms with van der Waals surface area (Å²) in [7, 11) is 3.19. The number of hydrogen-bond acceptors (Lipinski definition) is 5. The van der Waals surface area contributed by atoms with E-state index in [1.165, 1.54) is 4.90 Å². The van der Waals surface area contributed by atoms with E-state index in [0.717, 1.165) is 11.1 Å². The predicted molar refractivity (Wildman–Crippen MR) is 134 cm³/mol. The largest absolute Gasteiger partial charge is 0.497 e. The molecule has 8 heteroatoms. The number of nitrogens with zero attached hydrogens (tertiary/aromatic N) is 1. The molecule has 2 atom stereocenters. The highest BCUT2D eigenvalue weighted by Gasteiger charge is 2.29. The van der Waals surface area contributed by atoms with E-state index in [4.69, 9.17) is 9.47 Å². The van der Waals surface area contributed by atoms with Crippen LogP contribution in [0.15, 0.2) is 42.5 Å². The van der Waals surface area contributed by atoms with Gasteiger partial charge >= 0.3 is 0 Å². The predicted octanol–water partition coefficient (Wildman–Crippen LogP) is 3.25. The minimum absolute atomic E-state index is 0.107. The van der Waals surface area contributed by atoms with Crippen molar-refractivity contribution in [1.82, 2.24) is 15.5 Å². The normalized spacial score (nSPS) is 19.1. The Labute approximate surface area is 207 Å². The molecule has 2 bridgehead atoms. The average Bonchev–Trinajstić information content (AvgIpc) is 2.85. The summed E-state index contributed by atoms with van der Waals surface area (Å²) in [6.45, 7) is 6.62. The van der Waals surface area contributed by atoms with Crippen LogP contribution in [0.2, 0.25) is 0 Å². The quantitative estimate of drug-likeness (QED) is 0.699. The Morgan fingerprint density at radius 2 is 1.94 bits per heavy atom. The Morgan fingerprint density at radius 3 is 2.66 bits per heavy atom. The molecule has 3 amide bonds. The number of carbonyl (C=O) groups is 3. The van der Waals surface area contributed by atoms with E-state index in [1.807, 2.05) is 39.0 Å². The number of carbonyl (C=O) groups excluding carboxylic acids is 3. The number of hydrogen-bond donors (Lipinski definition) is 2. The molecule has 0 fully saturated rings. The molecular formula is C27H35N3O5. The molecule has 3 rings (SSSR count). The van der Waals surface area contributed by atoms with Gasteiger partial charge in [0.25, 0.3) is 5.91 Å². The smallest absolute Gasteiger partial charge is 0.254 e. The summed E-state index contributed by atoms with van der Waals surface area (Å²) in [6.07, 6.45) is 0.318. The summed E-state index contributed by atoms with van der Waals surface area (Å²) in [5.74, 6) is 0.766. The van der Waals surface area contributed by atoms with E-state index < -0.39 is 6.04 Å². The highest BCUT2D eigenvalue weighted by Crippen LogP contribution is 2.34. The van der Waals surface area contributed by atoms with Crippen molar-refractivity contribution in [2.75, 3.05) is 27.3 Å². The molecule has 35 heavy (non-hydrogen) atoms. The van der Waals surface area contributed by atoms with Gasteiger partial charge < -0.3 is 25.0 Å². The minimum Gasteiger partial charge on any atom is -0.497 e. The standard InChI is InChI=1S/C27H35N3O5/c1-17(2)15-28-26(32)23-10-12-25(31)29-18(3)16-35-24-11-9-21(34-5)14-22(24)19-7-6-8-20(13-19)27(33)30(23)4/h6-9,11,13-14,17-18,23H,10,12,15-16H2,1-5H3,(H,28,32)(H,29,31). The summed E-state index contributed by atoms with van der Waals surface area (Å²) < 4.78 is 11.5. The lowest BCUT2D eigenvalue weighted by molar-refractivity contribution is -0.126. The number of nitrogens with one attached hydrogen (secondary N) is 2. The molecule has 1 heterocycles. The molecule has 2 unspecified atom stereocenters. The number of methoxy groups -OCH3 is 1. The topological polar surface area (TPSA) is 97.0 Å². The molecule has 1 aliphatic heterocycles. The first kappa shape index (κ1) is 26.1. The van der Waals surface area contributed by atoms with Gasteiger partial charge in [0.1, 0.15) is 24.1 Å². The van der Waals surface area contributed by atoms with Gasteiger partial charge in [-0.15, -0.1) is 0 Å². The molecule has 2 N–H and O–H groups in total. The van der Waals surface area contributed by atoms with Crippen LogP contribution in [0.25, 0.3) is 11.1 Å². The Bertz CT molecular complexity index is 1070. The lowest BCUT2D eigenvalue weighted by atomic mass is 10.0. The van der Waals surface area contributed by atoms with Crippen molar-refractivity contribution in [1.29, 1.82) is 0 Å². The van der Waals surface area contributed by atoms with Gasteiger partial charge in [0.15, 0.2) is 0 Å². The summed E-state index contributed by atoms with van der Waals surface area (Å²) in [5, 5.41) is 5.83. The van der Waals surface area contributed by atoms with E-state index in [2.05, 4.69) is 10.6 Å². The maximum absolute atomic E-state index is 13.5. The fourth-order valence-corrected chi connectivity index (χ4v) is 3.95. The second-order valence-electron chi connectivity index (χ2n) is 9.33. The van der Waals surface area contributed by atoms with Crippen LogP contribution < -0.4 is 20.1 Å². The molecule has 0 spiro atoms. The Kier molecular flexibility index (Phi) is 8.73. The number of fused-ring (bicyclic) bond motifs is 4. The van der Waals surface area contributed by atoms with Gasteiger partial charge in [-0.1, -0.05) is 26.0 Å². The molecule has 2 aromatic carbocycles. The molecule has 2 aromatic rings. The van der Waals surface area contributed by atoms with Crippen LogP contribution in [0.1, 0.15) is 44.0 Å². The highest BCUT2D eigenvalue weighted by atomic mass is 16.5.